The van der Waals surface area contributed by atoms with E-state index in [-0.39, 0.29) is 5.75 Å². The lowest BCUT2D eigenvalue weighted by atomic mass is 10.1. The lowest BCUT2D eigenvalue weighted by Crippen LogP contribution is -2.20. The zero-order valence-electron chi connectivity index (χ0n) is 12.3. The summed E-state index contributed by atoms with van der Waals surface area (Å²) in [6.45, 7) is 2.59. The van der Waals surface area contributed by atoms with Crippen molar-refractivity contribution in [2.24, 2.45) is 0 Å². The number of rotatable bonds is 6. The van der Waals surface area contributed by atoms with Crippen LogP contribution in [0.3, 0.4) is 0 Å². The summed E-state index contributed by atoms with van der Waals surface area (Å²) in [5, 5.41) is 19.5. The molecule has 0 aliphatic rings. The van der Waals surface area contributed by atoms with Gasteiger partial charge in [-0.3, -0.25) is 10.1 Å². The zero-order chi connectivity index (χ0) is 17.2. The predicted molar refractivity (Wildman–Crippen MR) is 75.5 cm³/mol. The van der Waals surface area contributed by atoms with Crippen LogP contribution >= 0.6 is 0 Å². The van der Waals surface area contributed by atoms with E-state index in [0.717, 1.165) is 20.3 Å². The Labute approximate surface area is 126 Å². The third-order valence-electron chi connectivity index (χ3n) is 2.92. The number of nitro groups is 1. The van der Waals surface area contributed by atoms with Gasteiger partial charge in [-0.2, -0.15) is 0 Å². The molecule has 10 heteroatoms. The van der Waals surface area contributed by atoms with E-state index in [2.05, 4.69) is 0 Å². The van der Waals surface area contributed by atoms with Crippen LogP contribution in [-0.4, -0.2) is 43.9 Å². The molecule has 0 fully saturated rings. The number of hydrogen-bond acceptors (Lipinski definition) is 7. The van der Waals surface area contributed by atoms with Crippen LogP contribution in [0.15, 0.2) is 11.0 Å². The van der Waals surface area contributed by atoms with Gasteiger partial charge < -0.3 is 14.6 Å². The molecule has 1 aromatic carbocycles. The molecule has 122 valence electrons. The Morgan fingerprint density at radius 1 is 1.32 bits per heavy atom. The maximum Gasteiger partial charge on any atom is 0.337 e. The molecule has 0 aliphatic heterocycles. The van der Waals surface area contributed by atoms with Gasteiger partial charge in [0.25, 0.3) is 0 Å². The largest absolute Gasteiger partial charge is 0.493 e. The van der Waals surface area contributed by atoms with Crippen molar-refractivity contribution in [3.8, 4) is 11.5 Å². The second-order valence-electron chi connectivity index (χ2n) is 4.49. The first-order valence-corrected chi connectivity index (χ1v) is 7.54. The number of carboxylic acid groups (broad SMARTS) is 1. The number of benzene rings is 1. The van der Waals surface area contributed by atoms with E-state index >= 15 is 0 Å². The molecule has 0 amide bonds. The Bertz CT molecular complexity index is 723. The fraction of sp³-hybridized carbons (Fsp3) is 0.417. The number of methoxy groups -OCH3 is 2. The van der Waals surface area contributed by atoms with E-state index in [1.807, 2.05) is 0 Å². The topological polar surface area (TPSA) is 133 Å². The highest BCUT2D eigenvalue weighted by molar-refractivity contribution is 7.92. The summed E-state index contributed by atoms with van der Waals surface area (Å²) in [6.07, 6.45) is 0. The van der Waals surface area contributed by atoms with Crippen LogP contribution in [0.25, 0.3) is 0 Å². The van der Waals surface area contributed by atoms with Crippen molar-refractivity contribution in [3.63, 3.8) is 0 Å². The molecule has 0 bridgehead atoms. The molecule has 1 rings (SSSR count). The van der Waals surface area contributed by atoms with Crippen molar-refractivity contribution in [2.45, 2.75) is 24.0 Å². The van der Waals surface area contributed by atoms with Gasteiger partial charge in [-0.05, 0) is 13.8 Å². The van der Waals surface area contributed by atoms with Gasteiger partial charge in [-0.25, -0.2) is 13.2 Å². The third-order valence-corrected chi connectivity index (χ3v) is 5.14. The second kappa shape index (κ2) is 6.18. The Morgan fingerprint density at radius 2 is 1.86 bits per heavy atom. The van der Waals surface area contributed by atoms with Gasteiger partial charge in [0, 0.05) is 6.07 Å². The van der Waals surface area contributed by atoms with E-state index in [0.29, 0.717) is 0 Å². The molecule has 9 nitrogen and oxygen atoms in total. The van der Waals surface area contributed by atoms with Crippen molar-refractivity contribution < 1.29 is 32.7 Å². The maximum atomic E-state index is 12.4. The zero-order valence-corrected chi connectivity index (χ0v) is 13.1. The molecule has 0 saturated carbocycles. The molecule has 0 radical (unpaired) electrons. The highest BCUT2D eigenvalue weighted by Crippen LogP contribution is 2.44. The van der Waals surface area contributed by atoms with E-state index in [9.17, 15) is 28.4 Å². The number of nitrogens with zero attached hydrogens (tertiary/aromatic N) is 1. The van der Waals surface area contributed by atoms with Crippen molar-refractivity contribution >= 4 is 21.5 Å². The first-order valence-electron chi connectivity index (χ1n) is 6.00. The molecule has 0 aliphatic carbocycles. The summed E-state index contributed by atoms with van der Waals surface area (Å²) in [5.74, 6) is -2.31. The van der Waals surface area contributed by atoms with Gasteiger partial charge in [-0.1, -0.05) is 0 Å². The summed E-state index contributed by atoms with van der Waals surface area (Å²) in [6, 6.07) is 0.892. The summed E-state index contributed by atoms with van der Waals surface area (Å²) < 4.78 is 34.5. The molecule has 0 saturated heterocycles. The van der Waals surface area contributed by atoms with Crippen LogP contribution in [0, 0.1) is 10.1 Å². The Balaban J connectivity index is 4.10. The average Bonchev–Trinajstić information content (AvgIpc) is 2.43. The van der Waals surface area contributed by atoms with Gasteiger partial charge in [0.05, 0.1) is 30.0 Å². The molecule has 22 heavy (non-hydrogen) atoms. The number of hydrogen-bond donors (Lipinski definition) is 1. The van der Waals surface area contributed by atoms with Gasteiger partial charge in [0.1, 0.15) is 0 Å². The van der Waals surface area contributed by atoms with Gasteiger partial charge in [0.2, 0.25) is 5.75 Å². The lowest BCUT2D eigenvalue weighted by Gasteiger charge is -2.15. The Kier molecular flexibility index (Phi) is 4.97. The monoisotopic (exact) mass is 333 g/mol. The Hall–Kier alpha value is -2.36. The van der Waals surface area contributed by atoms with Crippen LogP contribution in [-0.2, 0) is 9.84 Å². The molecule has 0 atom stereocenters. The highest BCUT2D eigenvalue weighted by atomic mass is 32.2. The minimum absolute atomic E-state index is 0.241. The second-order valence-corrected chi connectivity index (χ2v) is 6.93. The number of carbonyl (C=O) groups is 1. The van der Waals surface area contributed by atoms with Gasteiger partial charge >= 0.3 is 11.7 Å². The van der Waals surface area contributed by atoms with Crippen LogP contribution in [0.2, 0.25) is 0 Å². The molecule has 0 unspecified atom stereocenters. The number of nitro benzene ring substituents is 1. The summed E-state index contributed by atoms with van der Waals surface area (Å²) in [4.78, 5) is 20.8. The standard InChI is InChI=1S/C12H15NO8S/c1-6(2)22(18,19)11-7(12(14)15)5-8(20-3)10(21-4)9(11)13(16)17/h5-6H,1-4H3,(H,14,15). The van der Waals surface area contributed by atoms with Crippen molar-refractivity contribution in [2.75, 3.05) is 14.2 Å². The minimum Gasteiger partial charge on any atom is -0.493 e. The fourth-order valence-electron chi connectivity index (χ4n) is 1.81. The first kappa shape index (κ1) is 17.7. The van der Waals surface area contributed by atoms with Crippen molar-refractivity contribution in [3.05, 3.63) is 21.7 Å². The van der Waals surface area contributed by atoms with E-state index < -0.39 is 47.9 Å². The fourth-order valence-corrected chi connectivity index (χ4v) is 3.17. The van der Waals surface area contributed by atoms with Crippen LogP contribution < -0.4 is 9.47 Å². The summed E-state index contributed by atoms with van der Waals surface area (Å²) in [7, 11) is -1.99. The normalized spacial score (nSPS) is 11.3. The summed E-state index contributed by atoms with van der Waals surface area (Å²) >= 11 is 0. The molecule has 1 aromatic rings. The van der Waals surface area contributed by atoms with Gasteiger partial charge in [0.15, 0.2) is 20.5 Å². The predicted octanol–water partition coefficient (Wildman–Crippen LogP) is 1.49. The van der Waals surface area contributed by atoms with Crippen molar-refractivity contribution in [1.29, 1.82) is 0 Å². The highest BCUT2D eigenvalue weighted by Gasteiger charge is 2.39. The number of aromatic carboxylic acids is 1. The Morgan fingerprint density at radius 3 is 2.18 bits per heavy atom. The third kappa shape index (κ3) is 2.82. The number of sulfone groups is 1. The van der Waals surface area contributed by atoms with Crippen LogP contribution in [0.5, 0.6) is 11.5 Å². The van der Waals surface area contributed by atoms with E-state index in [4.69, 9.17) is 9.47 Å². The average molecular weight is 333 g/mol. The first-order chi connectivity index (χ1) is 10.1. The molecule has 0 heterocycles. The molecule has 0 spiro atoms. The summed E-state index contributed by atoms with van der Waals surface area (Å²) in [5.41, 5.74) is -1.69. The molecule has 0 aromatic heterocycles. The number of carboxylic acids is 1. The number of ether oxygens (including phenoxy) is 2. The lowest BCUT2D eigenvalue weighted by molar-refractivity contribution is -0.388. The van der Waals surface area contributed by atoms with Crippen molar-refractivity contribution in [1.82, 2.24) is 0 Å². The minimum atomic E-state index is -4.24. The van der Waals surface area contributed by atoms with E-state index in [1.165, 1.54) is 13.8 Å². The maximum absolute atomic E-state index is 12.4. The van der Waals surface area contributed by atoms with Crippen LogP contribution in [0.1, 0.15) is 24.2 Å². The SMILES string of the molecule is COc1cc(C(=O)O)c(S(=O)(=O)C(C)C)c([N+](=O)[O-])c1OC. The molecular weight excluding hydrogens is 318 g/mol. The van der Waals surface area contributed by atoms with Crippen LogP contribution in [0.4, 0.5) is 5.69 Å². The molecular formula is C12H15NO8S. The smallest absolute Gasteiger partial charge is 0.337 e. The van der Waals surface area contributed by atoms with Gasteiger partial charge in [-0.15, -0.1) is 0 Å². The quantitative estimate of drug-likeness (QED) is 0.611. The molecule has 1 N–H and O–H groups in total. The van der Waals surface area contributed by atoms with E-state index in [1.54, 1.807) is 0 Å².